The predicted octanol–water partition coefficient (Wildman–Crippen LogP) is 3.00. The SMILES string of the molecule is COc1cc(OC)c(NCc2cnc(C)[nH]2)cc1Cl. The van der Waals surface area contributed by atoms with Gasteiger partial charge in [-0.25, -0.2) is 4.98 Å². The molecule has 0 unspecified atom stereocenters. The Morgan fingerprint density at radius 2 is 2.00 bits per heavy atom. The van der Waals surface area contributed by atoms with Crippen molar-refractivity contribution in [3.63, 3.8) is 0 Å². The van der Waals surface area contributed by atoms with Gasteiger partial charge in [0.2, 0.25) is 0 Å². The zero-order valence-electron chi connectivity index (χ0n) is 11.1. The van der Waals surface area contributed by atoms with Crippen LogP contribution < -0.4 is 14.8 Å². The predicted molar refractivity (Wildman–Crippen MR) is 75.2 cm³/mol. The highest BCUT2D eigenvalue weighted by molar-refractivity contribution is 6.32. The van der Waals surface area contributed by atoms with Crippen LogP contribution in [0.3, 0.4) is 0 Å². The molecule has 6 heteroatoms. The topological polar surface area (TPSA) is 59.2 Å². The van der Waals surface area contributed by atoms with Crippen LogP contribution in [0.1, 0.15) is 11.5 Å². The summed E-state index contributed by atoms with van der Waals surface area (Å²) in [5.41, 5.74) is 1.80. The molecule has 2 aromatic rings. The number of anilines is 1. The Balaban J connectivity index is 2.17. The van der Waals surface area contributed by atoms with Gasteiger partial charge in [0, 0.05) is 6.07 Å². The molecule has 1 heterocycles. The lowest BCUT2D eigenvalue weighted by atomic mass is 10.2. The van der Waals surface area contributed by atoms with Gasteiger partial charge in [0.1, 0.15) is 17.3 Å². The van der Waals surface area contributed by atoms with E-state index < -0.39 is 0 Å². The summed E-state index contributed by atoms with van der Waals surface area (Å²) < 4.78 is 10.5. The minimum absolute atomic E-state index is 0.534. The summed E-state index contributed by atoms with van der Waals surface area (Å²) in [7, 11) is 3.18. The van der Waals surface area contributed by atoms with Crippen molar-refractivity contribution in [2.75, 3.05) is 19.5 Å². The van der Waals surface area contributed by atoms with Crippen LogP contribution in [0.15, 0.2) is 18.3 Å². The average Bonchev–Trinajstić information content (AvgIpc) is 2.82. The molecule has 0 aliphatic carbocycles. The Bertz CT molecular complexity index is 569. The molecule has 1 aromatic carbocycles. The van der Waals surface area contributed by atoms with E-state index in [-0.39, 0.29) is 0 Å². The molecule has 0 atom stereocenters. The summed E-state index contributed by atoms with van der Waals surface area (Å²) in [5, 5.41) is 3.78. The average molecular weight is 282 g/mol. The zero-order valence-corrected chi connectivity index (χ0v) is 11.8. The number of hydrogen-bond donors (Lipinski definition) is 2. The fourth-order valence-corrected chi connectivity index (χ4v) is 1.99. The Kier molecular flexibility index (Phi) is 4.16. The third kappa shape index (κ3) is 3.12. The number of nitrogens with zero attached hydrogens (tertiary/aromatic N) is 1. The third-order valence-electron chi connectivity index (χ3n) is 2.70. The van der Waals surface area contributed by atoms with Gasteiger partial charge in [-0.2, -0.15) is 0 Å². The molecule has 102 valence electrons. The van der Waals surface area contributed by atoms with Gasteiger partial charge in [-0.3, -0.25) is 0 Å². The molecule has 0 fully saturated rings. The molecule has 19 heavy (non-hydrogen) atoms. The molecule has 5 nitrogen and oxygen atoms in total. The number of rotatable bonds is 5. The van der Waals surface area contributed by atoms with E-state index in [1.165, 1.54) is 0 Å². The van der Waals surface area contributed by atoms with Crippen molar-refractivity contribution in [3.05, 3.63) is 34.9 Å². The number of nitrogens with one attached hydrogen (secondary N) is 2. The highest BCUT2D eigenvalue weighted by Crippen LogP contribution is 2.35. The molecule has 0 amide bonds. The second kappa shape index (κ2) is 5.84. The number of ether oxygens (including phenoxy) is 2. The maximum absolute atomic E-state index is 6.10. The number of H-pyrrole nitrogens is 1. The largest absolute Gasteiger partial charge is 0.495 e. The maximum atomic E-state index is 6.10. The molecule has 0 bridgehead atoms. The number of hydrogen-bond acceptors (Lipinski definition) is 4. The molecular weight excluding hydrogens is 266 g/mol. The second-order valence-corrected chi connectivity index (χ2v) is 4.44. The van der Waals surface area contributed by atoms with E-state index in [2.05, 4.69) is 15.3 Å². The van der Waals surface area contributed by atoms with Crippen LogP contribution in [-0.2, 0) is 6.54 Å². The first-order valence-electron chi connectivity index (χ1n) is 5.80. The quantitative estimate of drug-likeness (QED) is 0.884. The lowest BCUT2D eigenvalue weighted by molar-refractivity contribution is 0.395. The van der Waals surface area contributed by atoms with Gasteiger partial charge in [0.05, 0.1) is 43.4 Å². The summed E-state index contributed by atoms with van der Waals surface area (Å²) in [6.45, 7) is 2.52. The van der Waals surface area contributed by atoms with Gasteiger partial charge >= 0.3 is 0 Å². The maximum Gasteiger partial charge on any atom is 0.145 e. The standard InChI is InChI=1S/C13H16ClN3O2/c1-8-15-6-9(17-8)7-16-11-4-10(14)12(18-2)5-13(11)19-3/h4-6,16H,7H2,1-3H3,(H,15,17). The highest BCUT2D eigenvalue weighted by atomic mass is 35.5. The van der Waals surface area contributed by atoms with Crippen molar-refractivity contribution in [2.45, 2.75) is 13.5 Å². The summed E-state index contributed by atoms with van der Waals surface area (Å²) in [6.07, 6.45) is 1.79. The number of aromatic amines is 1. The van der Waals surface area contributed by atoms with E-state index in [1.807, 2.05) is 6.92 Å². The number of benzene rings is 1. The summed E-state index contributed by atoms with van der Waals surface area (Å²) in [6, 6.07) is 3.53. The smallest absolute Gasteiger partial charge is 0.145 e. The molecule has 1 aromatic heterocycles. The normalized spacial score (nSPS) is 10.3. The molecule has 2 N–H and O–H groups in total. The van der Waals surface area contributed by atoms with E-state index in [0.29, 0.717) is 23.1 Å². The van der Waals surface area contributed by atoms with Crippen molar-refractivity contribution in [1.29, 1.82) is 0 Å². The minimum atomic E-state index is 0.534. The first-order valence-corrected chi connectivity index (χ1v) is 6.17. The van der Waals surface area contributed by atoms with Crippen LogP contribution in [0.25, 0.3) is 0 Å². The molecule has 2 rings (SSSR count). The van der Waals surface area contributed by atoms with Gasteiger partial charge in [-0.15, -0.1) is 0 Å². The Morgan fingerprint density at radius 3 is 2.58 bits per heavy atom. The Hall–Kier alpha value is -1.88. The lowest BCUT2D eigenvalue weighted by Gasteiger charge is -2.13. The molecule has 0 saturated carbocycles. The van der Waals surface area contributed by atoms with Crippen molar-refractivity contribution >= 4 is 17.3 Å². The first-order chi connectivity index (χ1) is 9.13. The molecular formula is C13H16ClN3O2. The van der Waals surface area contributed by atoms with E-state index >= 15 is 0 Å². The van der Waals surface area contributed by atoms with E-state index in [0.717, 1.165) is 17.2 Å². The third-order valence-corrected chi connectivity index (χ3v) is 2.99. The number of halogens is 1. The Labute approximate surface area is 116 Å². The van der Waals surface area contributed by atoms with Crippen LogP contribution in [0.4, 0.5) is 5.69 Å². The lowest BCUT2D eigenvalue weighted by Crippen LogP contribution is -2.02. The van der Waals surface area contributed by atoms with Crippen molar-refractivity contribution in [2.24, 2.45) is 0 Å². The fraction of sp³-hybridized carbons (Fsp3) is 0.308. The van der Waals surface area contributed by atoms with E-state index in [9.17, 15) is 0 Å². The molecule has 0 spiro atoms. The van der Waals surface area contributed by atoms with Gasteiger partial charge in [0.25, 0.3) is 0 Å². The summed E-state index contributed by atoms with van der Waals surface area (Å²) in [4.78, 5) is 7.29. The van der Waals surface area contributed by atoms with Crippen molar-refractivity contribution < 1.29 is 9.47 Å². The van der Waals surface area contributed by atoms with E-state index in [1.54, 1.807) is 32.5 Å². The fourth-order valence-electron chi connectivity index (χ4n) is 1.75. The highest BCUT2D eigenvalue weighted by Gasteiger charge is 2.10. The number of imidazole rings is 1. The van der Waals surface area contributed by atoms with Gasteiger partial charge < -0.3 is 19.8 Å². The first kappa shape index (κ1) is 13.5. The summed E-state index contributed by atoms with van der Waals surface area (Å²) >= 11 is 6.10. The van der Waals surface area contributed by atoms with Crippen LogP contribution in [0.5, 0.6) is 11.5 Å². The Morgan fingerprint density at radius 1 is 1.26 bits per heavy atom. The zero-order chi connectivity index (χ0) is 13.8. The minimum Gasteiger partial charge on any atom is -0.495 e. The number of methoxy groups -OCH3 is 2. The molecule has 0 aliphatic heterocycles. The summed E-state index contributed by atoms with van der Waals surface area (Å²) in [5.74, 6) is 2.15. The van der Waals surface area contributed by atoms with Gasteiger partial charge in [-0.1, -0.05) is 11.6 Å². The van der Waals surface area contributed by atoms with Crippen LogP contribution in [-0.4, -0.2) is 24.2 Å². The second-order valence-electron chi connectivity index (χ2n) is 4.03. The van der Waals surface area contributed by atoms with Gasteiger partial charge in [-0.05, 0) is 13.0 Å². The number of aromatic nitrogens is 2. The van der Waals surface area contributed by atoms with E-state index in [4.69, 9.17) is 21.1 Å². The molecule has 0 saturated heterocycles. The molecule has 0 aliphatic rings. The monoisotopic (exact) mass is 281 g/mol. The number of aryl methyl sites for hydroxylation is 1. The molecule has 0 radical (unpaired) electrons. The van der Waals surface area contributed by atoms with Crippen molar-refractivity contribution in [1.82, 2.24) is 9.97 Å². The van der Waals surface area contributed by atoms with Crippen LogP contribution >= 0.6 is 11.6 Å². The van der Waals surface area contributed by atoms with Gasteiger partial charge in [0.15, 0.2) is 0 Å². The van der Waals surface area contributed by atoms with Crippen LogP contribution in [0, 0.1) is 6.92 Å². The van der Waals surface area contributed by atoms with Crippen molar-refractivity contribution in [3.8, 4) is 11.5 Å². The van der Waals surface area contributed by atoms with Crippen LogP contribution in [0.2, 0.25) is 5.02 Å².